The Hall–Kier alpha value is -2.45. The van der Waals surface area contributed by atoms with E-state index in [0.29, 0.717) is 31.8 Å². The van der Waals surface area contributed by atoms with Gasteiger partial charge in [0, 0.05) is 28.4 Å². The van der Waals surface area contributed by atoms with E-state index in [1.807, 2.05) is 26.1 Å². The Balaban J connectivity index is 1.37. The normalized spacial score (nSPS) is 23.7. The lowest BCUT2D eigenvalue weighted by atomic mass is 9.89. The third kappa shape index (κ3) is 3.20. The molecule has 0 bridgehead atoms. The molecule has 1 saturated heterocycles. The van der Waals surface area contributed by atoms with Crippen molar-refractivity contribution in [3.63, 3.8) is 0 Å². The van der Waals surface area contributed by atoms with E-state index in [1.54, 1.807) is 4.52 Å². The number of fused-ring (bicyclic) bond motifs is 2. The molecule has 5 rings (SSSR count). The summed E-state index contributed by atoms with van der Waals surface area (Å²) in [5.74, 6) is 0.918. The first-order valence-corrected chi connectivity index (χ1v) is 11.0. The van der Waals surface area contributed by atoms with Crippen molar-refractivity contribution < 1.29 is 18.6 Å². The molecular formula is C21H24N4O3S. The van der Waals surface area contributed by atoms with Crippen LogP contribution in [0.1, 0.15) is 46.8 Å². The number of hydrogen-bond acceptors (Lipinski definition) is 5. The molecule has 152 valence electrons. The van der Waals surface area contributed by atoms with Crippen molar-refractivity contribution >= 4 is 15.7 Å². The number of aromatic nitrogens is 3. The summed E-state index contributed by atoms with van der Waals surface area (Å²) in [6.07, 6.45) is 0.833. The second-order valence-electron chi connectivity index (χ2n) is 7.54. The third-order valence-corrected chi connectivity index (χ3v) is 7.55. The summed E-state index contributed by atoms with van der Waals surface area (Å²) in [5, 5.41) is 4.39. The first-order chi connectivity index (χ1) is 15.4. The molecule has 29 heavy (non-hydrogen) atoms. The van der Waals surface area contributed by atoms with Gasteiger partial charge < -0.3 is 4.74 Å². The minimum Gasteiger partial charge on any atom is -0.493 e. The van der Waals surface area contributed by atoms with Gasteiger partial charge in [0.05, 0.1) is 14.2 Å². The van der Waals surface area contributed by atoms with Gasteiger partial charge in [-0.1, -0.05) is 0 Å². The van der Waals surface area contributed by atoms with Crippen molar-refractivity contribution in [2.45, 2.75) is 43.9 Å². The summed E-state index contributed by atoms with van der Waals surface area (Å²) in [4.78, 5) is 4.33. The molecule has 2 aliphatic heterocycles. The monoisotopic (exact) mass is 416 g/mol. The van der Waals surface area contributed by atoms with Crippen molar-refractivity contribution in [2.75, 3.05) is 19.6 Å². The van der Waals surface area contributed by atoms with E-state index < -0.39 is 23.0 Å². The predicted molar refractivity (Wildman–Crippen MR) is 109 cm³/mol. The standard InChI is InChI=1S/C21H24N4O3S/c1-14-11-21-22-15(2)23-25(21)13-19(14)16-5-8-24(9-6-16)29(26,27)18-3-4-20-17(12-18)7-10-28-20/h3-4,11-13,16H,5-10H2,1-2H3/i7D2,10D2. The Morgan fingerprint density at radius 1 is 1.21 bits per heavy atom. The molecule has 2 aromatic heterocycles. The van der Waals surface area contributed by atoms with E-state index in [2.05, 4.69) is 10.1 Å². The highest BCUT2D eigenvalue weighted by molar-refractivity contribution is 7.89. The minimum atomic E-state index is -3.86. The van der Waals surface area contributed by atoms with Gasteiger partial charge in [0.25, 0.3) is 0 Å². The van der Waals surface area contributed by atoms with E-state index >= 15 is 0 Å². The number of pyridine rings is 1. The molecule has 8 heteroatoms. The van der Waals surface area contributed by atoms with Crippen molar-refractivity contribution in [3.8, 4) is 5.75 Å². The Kier molecular flexibility index (Phi) is 3.41. The molecule has 7 nitrogen and oxygen atoms in total. The molecule has 1 fully saturated rings. The number of hydrogen-bond donors (Lipinski definition) is 0. The fourth-order valence-electron chi connectivity index (χ4n) is 4.13. The molecule has 0 spiro atoms. The number of ether oxygens (including phenoxy) is 1. The molecule has 1 aromatic carbocycles. The highest BCUT2D eigenvalue weighted by Gasteiger charge is 2.31. The van der Waals surface area contributed by atoms with Crippen LogP contribution in [0, 0.1) is 13.8 Å². The van der Waals surface area contributed by atoms with Crippen molar-refractivity contribution in [3.05, 3.63) is 53.0 Å². The number of sulfonamides is 1. The zero-order valence-corrected chi connectivity index (χ0v) is 17.0. The number of rotatable bonds is 3. The molecule has 3 aromatic rings. The average molecular weight is 417 g/mol. The lowest BCUT2D eigenvalue weighted by Crippen LogP contribution is -2.38. The van der Waals surface area contributed by atoms with Crippen LogP contribution < -0.4 is 4.74 Å². The third-order valence-electron chi connectivity index (χ3n) is 5.66. The Morgan fingerprint density at radius 3 is 2.79 bits per heavy atom. The summed E-state index contributed by atoms with van der Waals surface area (Å²) < 4.78 is 66.5. The highest BCUT2D eigenvalue weighted by atomic mass is 32.2. The summed E-state index contributed by atoms with van der Waals surface area (Å²) in [6.45, 7) is 1.99. The lowest BCUT2D eigenvalue weighted by molar-refractivity contribution is 0.318. The maximum Gasteiger partial charge on any atom is 0.243 e. The molecule has 0 amide bonds. The van der Waals surface area contributed by atoms with Crippen LogP contribution >= 0.6 is 0 Å². The molecule has 4 heterocycles. The molecule has 0 radical (unpaired) electrons. The van der Waals surface area contributed by atoms with Crippen LogP contribution in [-0.2, 0) is 16.4 Å². The summed E-state index contributed by atoms with van der Waals surface area (Å²) in [7, 11) is -3.86. The van der Waals surface area contributed by atoms with Gasteiger partial charge in [-0.15, -0.1) is 0 Å². The first-order valence-electron chi connectivity index (χ1n) is 11.6. The molecule has 0 atom stereocenters. The molecule has 0 saturated carbocycles. The summed E-state index contributed by atoms with van der Waals surface area (Å²) >= 11 is 0. The highest BCUT2D eigenvalue weighted by Crippen LogP contribution is 2.34. The zero-order chi connectivity index (χ0) is 23.8. The largest absolute Gasteiger partial charge is 0.493 e. The average Bonchev–Trinajstić information content (AvgIpc) is 3.19. The first kappa shape index (κ1) is 14.5. The smallest absolute Gasteiger partial charge is 0.243 e. The Morgan fingerprint density at radius 2 is 2.00 bits per heavy atom. The molecule has 0 unspecified atom stereocenters. The van der Waals surface area contributed by atoms with Crippen LogP contribution in [0.25, 0.3) is 5.65 Å². The zero-order valence-electron chi connectivity index (χ0n) is 20.2. The summed E-state index contributed by atoms with van der Waals surface area (Å²) in [6, 6.07) is 5.88. The molecule has 0 aliphatic carbocycles. The molecular weight excluding hydrogens is 388 g/mol. The SMILES string of the molecule is [2H]C1([2H])Oc2ccc(S(=O)(=O)N3CCC(c4cn5nc(C)nc5cc4C)CC3)cc2C1([2H])[2H]. The minimum absolute atomic E-state index is 0.0249. The number of benzene rings is 1. The number of nitrogens with zero attached hydrogens (tertiary/aromatic N) is 4. The van der Waals surface area contributed by atoms with Gasteiger partial charge in [-0.25, -0.2) is 17.9 Å². The van der Waals surface area contributed by atoms with Gasteiger partial charge in [-0.2, -0.15) is 9.40 Å². The van der Waals surface area contributed by atoms with Gasteiger partial charge in [-0.05, 0) is 73.6 Å². The fraction of sp³-hybridized carbons (Fsp3) is 0.429. The second kappa shape index (κ2) is 6.81. The topological polar surface area (TPSA) is 76.8 Å². The van der Waals surface area contributed by atoms with E-state index in [0.717, 1.165) is 16.8 Å². The van der Waals surface area contributed by atoms with E-state index in [4.69, 9.17) is 10.2 Å². The van der Waals surface area contributed by atoms with Gasteiger partial charge in [0.1, 0.15) is 11.6 Å². The van der Waals surface area contributed by atoms with E-state index in [1.165, 1.54) is 22.5 Å². The van der Waals surface area contributed by atoms with Gasteiger partial charge in [0.15, 0.2) is 5.65 Å². The van der Waals surface area contributed by atoms with Crippen LogP contribution in [0.15, 0.2) is 35.4 Å². The van der Waals surface area contributed by atoms with Gasteiger partial charge in [0.2, 0.25) is 10.0 Å². The predicted octanol–water partition coefficient (Wildman–Crippen LogP) is 2.85. The van der Waals surface area contributed by atoms with Gasteiger partial charge >= 0.3 is 0 Å². The number of piperidine rings is 1. The van der Waals surface area contributed by atoms with E-state index in [9.17, 15) is 8.42 Å². The van der Waals surface area contributed by atoms with Crippen molar-refractivity contribution in [1.29, 1.82) is 0 Å². The van der Waals surface area contributed by atoms with Gasteiger partial charge in [-0.3, -0.25) is 0 Å². The number of aryl methyl sites for hydroxylation is 3. The Labute approximate surface area is 176 Å². The second-order valence-corrected chi connectivity index (χ2v) is 9.48. The van der Waals surface area contributed by atoms with E-state index in [-0.39, 0.29) is 22.1 Å². The molecule has 2 aliphatic rings. The van der Waals surface area contributed by atoms with Crippen LogP contribution in [-0.4, -0.2) is 47.0 Å². The summed E-state index contributed by atoms with van der Waals surface area (Å²) in [5.41, 5.74) is 2.94. The Bertz CT molecular complexity index is 1370. The maximum atomic E-state index is 13.3. The fourth-order valence-corrected chi connectivity index (χ4v) is 5.62. The van der Waals surface area contributed by atoms with Crippen LogP contribution in [0.5, 0.6) is 5.75 Å². The van der Waals surface area contributed by atoms with Crippen LogP contribution in [0.4, 0.5) is 0 Å². The molecule has 0 N–H and O–H groups in total. The quantitative estimate of drug-likeness (QED) is 0.656. The van der Waals surface area contributed by atoms with Crippen molar-refractivity contribution in [1.82, 2.24) is 18.9 Å². The van der Waals surface area contributed by atoms with Crippen LogP contribution in [0.2, 0.25) is 0 Å². The van der Waals surface area contributed by atoms with Crippen LogP contribution in [0.3, 0.4) is 0 Å². The maximum absolute atomic E-state index is 13.3. The lowest BCUT2D eigenvalue weighted by Gasteiger charge is -2.32. The van der Waals surface area contributed by atoms with Crippen molar-refractivity contribution in [2.24, 2.45) is 0 Å².